The number of aromatic nitrogens is 1. The van der Waals surface area contributed by atoms with E-state index in [-0.39, 0.29) is 12.0 Å². The van der Waals surface area contributed by atoms with Gasteiger partial charge in [-0.25, -0.2) is 4.79 Å². The number of ether oxygens (including phenoxy) is 1. The van der Waals surface area contributed by atoms with E-state index in [9.17, 15) is 4.79 Å². The summed E-state index contributed by atoms with van der Waals surface area (Å²) in [5.74, 6) is 0.0867. The van der Waals surface area contributed by atoms with Gasteiger partial charge in [0.1, 0.15) is 6.61 Å². The molecule has 0 unspecified atom stereocenters. The first-order valence-electron chi connectivity index (χ1n) is 9.48. The molecule has 4 heteroatoms. The number of carbonyl (C=O) groups excluding carboxylic acids is 1. The molecule has 1 aromatic heterocycles. The van der Waals surface area contributed by atoms with Crippen molar-refractivity contribution < 1.29 is 9.53 Å². The monoisotopic (exact) mass is 370 g/mol. The van der Waals surface area contributed by atoms with E-state index in [1.807, 2.05) is 48.6 Å². The van der Waals surface area contributed by atoms with Crippen LogP contribution in [0, 0.1) is 0 Å². The number of alkyl carbamates (subject to hydrolysis) is 1. The highest BCUT2D eigenvalue weighted by atomic mass is 16.5. The van der Waals surface area contributed by atoms with Gasteiger partial charge < -0.3 is 10.1 Å². The minimum Gasteiger partial charge on any atom is -0.449 e. The van der Waals surface area contributed by atoms with E-state index in [4.69, 9.17) is 4.74 Å². The fraction of sp³-hybridized carbons (Fsp3) is 0.167. The molecule has 140 valence electrons. The van der Waals surface area contributed by atoms with Crippen LogP contribution in [0.1, 0.15) is 29.0 Å². The first kappa shape index (κ1) is 18.0. The molecule has 0 aliphatic heterocycles. The van der Waals surface area contributed by atoms with Crippen LogP contribution in [0.5, 0.6) is 0 Å². The molecule has 3 aromatic rings. The summed E-state index contributed by atoms with van der Waals surface area (Å²) in [5, 5.41) is 2.81. The third-order valence-corrected chi connectivity index (χ3v) is 4.92. The summed E-state index contributed by atoms with van der Waals surface area (Å²) in [6, 6.07) is 20.5. The molecule has 1 aliphatic carbocycles. The van der Waals surface area contributed by atoms with Crippen LogP contribution in [0.2, 0.25) is 0 Å². The van der Waals surface area contributed by atoms with E-state index in [1.54, 1.807) is 12.4 Å². The largest absolute Gasteiger partial charge is 0.449 e. The first-order valence-corrected chi connectivity index (χ1v) is 9.48. The molecule has 0 saturated carbocycles. The van der Waals surface area contributed by atoms with Gasteiger partial charge >= 0.3 is 6.09 Å². The number of benzene rings is 2. The Kier molecular flexibility index (Phi) is 5.48. The van der Waals surface area contributed by atoms with E-state index in [2.05, 4.69) is 34.6 Å². The topological polar surface area (TPSA) is 51.2 Å². The fourth-order valence-corrected chi connectivity index (χ4v) is 3.60. The Bertz CT molecular complexity index is 937. The molecule has 1 N–H and O–H groups in total. The standard InChI is InChI=1S/C24H22N2O2/c27-24(26-15-6-5-8-18-9-7-14-25-16-18)28-17-23-21-12-3-1-10-19(21)20-11-2-4-13-22(20)23/h1-5,7-14,16,23H,6,15,17H2,(H,26,27). The van der Waals surface area contributed by atoms with Gasteiger partial charge in [0.25, 0.3) is 0 Å². The average Bonchev–Trinajstić information content (AvgIpc) is 3.07. The van der Waals surface area contributed by atoms with Gasteiger partial charge in [-0.15, -0.1) is 0 Å². The van der Waals surface area contributed by atoms with Crippen LogP contribution in [-0.2, 0) is 4.74 Å². The van der Waals surface area contributed by atoms with Crippen molar-refractivity contribution in [1.29, 1.82) is 0 Å². The lowest BCUT2D eigenvalue weighted by Crippen LogP contribution is -2.26. The zero-order valence-corrected chi connectivity index (χ0v) is 15.5. The molecule has 0 atom stereocenters. The molecule has 2 aromatic carbocycles. The molecule has 0 spiro atoms. The van der Waals surface area contributed by atoms with Crippen LogP contribution in [0.25, 0.3) is 17.2 Å². The number of pyridine rings is 1. The second kappa shape index (κ2) is 8.53. The summed E-state index contributed by atoms with van der Waals surface area (Å²) in [7, 11) is 0. The molecule has 0 fully saturated rings. The Labute approximate surface area is 164 Å². The maximum atomic E-state index is 12.1. The Balaban J connectivity index is 1.29. The van der Waals surface area contributed by atoms with Gasteiger partial charge in [-0.2, -0.15) is 0 Å². The third-order valence-electron chi connectivity index (χ3n) is 4.92. The highest BCUT2D eigenvalue weighted by molar-refractivity contribution is 5.79. The Morgan fingerprint density at radius 2 is 1.71 bits per heavy atom. The number of rotatable bonds is 6. The number of carbonyl (C=O) groups is 1. The van der Waals surface area contributed by atoms with Crippen LogP contribution in [-0.4, -0.2) is 24.2 Å². The zero-order valence-electron chi connectivity index (χ0n) is 15.5. The maximum absolute atomic E-state index is 12.1. The molecular weight excluding hydrogens is 348 g/mol. The molecule has 4 rings (SSSR count). The highest BCUT2D eigenvalue weighted by Crippen LogP contribution is 2.44. The van der Waals surface area contributed by atoms with Crippen molar-refractivity contribution in [2.24, 2.45) is 0 Å². The van der Waals surface area contributed by atoms with Gasteiger partial charge in [0.05, 0.1) is 0 Å². The predicted octanol–water partition coefficient (Wildman–Crippen LogP) is 5.02. The van der Waals surface area contributed by atoms with Gasteiger partial charge in [-0.05, 0) is 40.3 Å². The maximum Gasteiger partial charge on any atom is 0.407 e. The lowest BCUT2D eigenvalue weighted by atomic mass is 9.98. The van der Waals surface area contributed by atoms with E-state index >= 15 is 0 Å². The fourth-order valence-electron chi connectivity index (χ4n) is 3.60. The van der Waals surface area contributed by atoms with Gasteiger partial charge in [0.2, 0.25) is 0 Å². The number of fused-ring (bicyclic) bond motifs is 3. The number of amides is 1. The van der Waals surface area contributed by atoms with Crippen molar-refractivity contribution in [2.45, 2.75) is 12.3 Å². The van der Waals surface area contributed by atoms with Gasteiger partial charge in [-0.1, -0.05) is 66.7 Å². The van der Waals surface area contributed by atoms with Crippen LogP contribution >= 0.6 is 0 Å². The van der Waals surface area contributed by atoms with E-state index in [0.29, 0.717) is 13.2 Å². The summed E-state index contributed by atoms with van der Waals surface area (Å²) in [6.07, 6.45) is 7.91. The molecule has 1 heterocycles. The normalized spacial score (nSPS) is 12.6. The molecule has 0 bridgehead atoms. The summed E-state index contributed by atoms with van der Waals surface area (Å²) in [5.41, 5.74) is 5.94. The third kappa shape index (κ3) is 3.96. The van der Waals surface area contributed by atoms with E-state index < -0.39 is 0 Å². The molecule has 0 radical (unpaired) electrons. The molecule has 1 amide bonds. The summed E-state index contributed by atoms with van der Waals surface area (Å²) >= 11 is 0. The number of hydrogen-bond acceptors (Lipinski definition) is 3. The minimum atomic E-state index is -0.378. The average molecular weight is 370 g/mol. The number of nitrogens with one attached hydrogen (secondary N) is 1. The second-order valence-corrected chi connectivity index (χ2v) is 6.73. The SMILES string of the molecule is O=C(NCCC=Cc1cccnc1)OCC1c2ccccc2-c2ccccc21. The van der Waals surface area contributed by atoms with Crippen molar-refractivity contribution in [1.82, 2.24) is 10.3 Å². The lowest BCUT2D eigenvalue weighted by molar-refractivity contribution is 0.143. The molecule has 0 saturated heterocycles. The van der Waals surface area contributed by atoms with Crippen molar-refractivity contribution in [3.63, 3.8) is 0 Å². The summed E-state index contributed by atoms with van der Waals surface area (Å²) in [6.45, 7) is 0.874. The van der Waals surface area contributed by atoms with Crippen molar-refractivity contribution in [2.75, 3.05) is 13.2 Å². The second-order valence-electron chi connectivity index (χ2n) is 6.73. The van der Waals surface area contributed by atoms with Crippen molar-refractivity contribution >= 4 is 12.2 Å². The number of nitrogens with zero attached hydrogens (tertiary/aromatic N) is 1. The van der Waals surface area contributed by atoms with Crippen molar-refractivity contribution in [3.8, 4) is 11.1 Å². The summed E-state index contributed by atoms with van der Waals surface area (Å²) in [4.78, 5) is 16.2. The van der Waals surface area contributed by atoms with Crippen LogP contribution in [0.15, 0.2) is 79.1 Å². The van der Waals surface area contributed by atoms with Crippen molar-refractivity contribution in [3.05, 3.63) is 95.8 Å². The molecular formula is C24H22N2O2. The lowest BCUT2D eigenvalue weighted by Gasteiger charge is -2.14. The Morgan fingerprint density at radius 3 is 2.39 bits per heavy atom. The first-order chi connectivity index (χ1) is 13.8. The highest BCUT2D eigenvalue weighted by Gasteiger charge is 2.28. The van der Waals surface area contributed by atoms with Gasteiger partial charge in [0.15, 0.2) is 0 Å². The van der Waals surface area contributed by atoms with Crippen LogP contribution < -0.4 is 5.32 Å². The Morgan fingerprint density at radius 1 is 1.00 bits per heavy atom. The van der Waals surface area contributed by atoms with Crippen LogP contribution in [0.4, 0.5) is 4.79 Å². The minimum absolute atomic E-state index is 0.0867. The van der Waals surface area contributed by atoms with Crippen LogP contribution in [0.3, 0.4) is 0 Å². The predicted molar refractivity (Wildman–Crippen MR) is 111 cm³/mol. The quantitative estimate of drug-likeness (QED) is 0.620. The molecule has 4 nitrogen and oxygen atoms in total. The van der Waals surface area contributed by atoms with E-state index in [1.165, 1.54) is 22.3 Å². The van der Waals surface area contributed by atoms with E-state index in [0.717, 1.165) is 12.0 Å². The number of hydrogen-bond donors (Lipinski definition) is 1. The zero-order chi connectivity index (χ0) is 19.2. The smallest absolute Gasteiger partial charge is 0.407 e. The summed E-state index contributed by atoms with van der Waals surface area (Å²) < 4.78 is 5.52. The molecule has 28 heavy (non-hydrogen) atoms. The van der Waals surface area contributed by atoms with Gasteiger partial charge in [0, 0.05) is 24.9 Å². The van der Waals surface area contributed by atoms with Gasteiger partial charge in [-0.3, -0.25) is 4.98 Å². The Hall–Kier alpha value is -3.40. The molecule has 1 aliphatic rings.